The van der Waals surface area contributed by atoms with Crippen LogP contribution in [0.15, 0.2) is 0 Å². The maximum Gasteiger partial charge on any atom is 0.309 e. The first-order valence-corrected chi connectivity index (χ1v) is 21.6. The smallest absolute Gasteiger partial charge is 0.309 e. The van der Waals surface area contributed by atoms with Crippen LogP contribution in [0.1, 0.15) is 179 Å². The molecule has 4 rings (SSSR count). The fourth-order valence-electron chi connectivity index (χ4n) is 10.9. The summed E-state index contributed by atoms with van der Waals surface area (Å²) in [6.45, 7) is 28.4. The Balaban J connectivity index is 1.58. The van der Waals surface area contributed by atoms with Crippen LogP contribution in [-0.2, 0) is 28.5 Å². The van der Waals surface area contributed by atoms with Crippen LogP contribution in [-0.4, -0.2) is 82.3 Å². The number of hydrogen-bond acceptors (Lipinski definition) is 8. The van der Waals surface area contributed by atoms with Crippen LogP contribution in [0.2, 0.25) is 0 Å². The minimum atomic E-state index is -1.05. The van der Waals surface area contributed by atoms with Gasteiger partial charge >= 0.3 is 11.9 Å². The van der Waals surface area contributed by atoms with Gasteiger partial charge in [-0.1, -0.05) is 81.1 Å². The summed E-state index contributed by atoms with van der Waals surface area (Å²) >= 11 is 0. The SMILES string of the molecule is CCC1(C)CC2(OCC(C)(CC(CCCCCCCC(=O)O)(CC3(C)COC4(CC(C)(CC)NC(C)(CC)C4C)OC3)C(=O)O)CO2)C(C)C(C)(CC)N1. The van der Waals surface area contributed by atoms with E-state index in [0.717, 1.165) is 64.2 Å². The lowest BCUT2D eigenvalue weighted by Gasteiger charge is -2.61. The molecule has 2 spiro atoms. The Morgan fingerprint density at radius 1 is 0.611 bits per heavy atom. The molecule has 0 saturated carbocycles. The van der Waals surface area contributed by atoms with Crippen molar-refractivity contribution in [3.63, 3.8) is 0 Å². The molecular formula is C44H80N2O8. The molecule has 0 aromatic carbocycles. The van der Waals surface area contributed by atoms with Gasteiger partial charge in [0.15, 0.2) is 11.6 Å². The molecule has 0 aliphatic carbocycles. The van der Waals surface area contributed by atoms with Gasteiger partial charge in [-0.05, 0) is 79.1 Å². The lowest BCUT2D eigenvalue weighted by atomic mass is 9.62. The molecule has 54 heavy (non-hydrogen) atoms. The van der Waals surface area contributed by atoms with Crippen LogP contribution in [0.3, 0.4) is 0 Å². The lowest BCUT2D eigenvalue weighted by molar-refractivity contribution is -0.357. The van der Waals surface area contributed by atoms with Crippen molar-refractivity contribution in [2.45, 2.75) is 213 Å². The Morgan fingerprint density at radius 3 is 1.31 bits per heavy atom. The molecule has 6 unspecified atom stereocenters. The second-order valence-electron chi connectivity index (χ2n) is 20.4. The van der Waals surface area contributed by atoms with Crippen LogP contribution < -0.4 is 10.6 Å². The quantitative estimate of drug-likeness (QED) is 0.106. The van der Waals surface area contributed by atoms with E-state index in [2.05, 4.69) is 93.7 Å². The molecule has 10 heteroatoms. The van der Waals surface area contributed by atoms with Crippen LogP contribution in [0, 0.1) is 28.1 Å². The van der Waals surface area contributed by atoms with Crippen molar-refractivity contribution in [2.24, 2.45) is 28.1 Å². The van der Waals surface area contributed by atoms with Gasteiger partial charge in [0.1, 0.15) is 0 Å². The number of ether oxygens (including phenoxy) is 4. The van der Waals surface area contributed by atoms with E-state index in [-0.39, 0.29) is 40.4 Å². The summed E-state index contributed by atoms with van der Waals surface area (Å²) in [5.74, 6) is -2.81. The van der Waals surface area contributed by atoms with E-state index in [1.807, 2.05) is 0 Å². The van der Waals surface area contributed by atoms with Gasteiger partial charge in [0.05, 0.1) is 31.8 Å². The monoisotopic (exact) mass is 765 g/mol. The summed E-state index contributed by atoms with van der Waals surface area (Å²) in [6, 6.07) is 0. The van der Waals surface area contributed by atoms with Crippen molar-refractivity contribution in [1.82, 2.24) is 10.6 Å². The van der Waals surface area contributed by atoms with Crippen LogP contribution in [0.4, 0.5) is 0 Å². The molecule has 4 heterocycles. The molecule has 0 bridgehead atoms. The first-order chi connectivity index (χ1) is 25.0. The summed E-state index contributed by atoms with van der Waals surface area (Å²) in [5, 5.41) is 28.3. The highest BCUT2D eigenvalue weighted by molar-refractivity contribution is 5.75. The Bertz CT molecular complexity index is 1220. The van der Waals surface area contributed by atoms with Crippen molar-refractivity contribution >= 4 is 11.9 Å². The second kappa shape index (κ2) is 16.5. The Hall–Kier alpha value is -1.30. The third kappa shape index (κ3) is 9.36. The number of piperidine rings is 2. The molecule has 314 valence electrons. The summed E-state index contributed by atoms with van der Waals surface area (Å²) < 4.78 is 27.8. The average molecular weight is 765 g/mol. The number of carboxylic acid groups (broad SMARTS) is 2. The number of carboxylic acids is 2. The van der Waals surface area contributed by atoms with Gasteiger partial charge in [-0.2, -0.15) is 0 Å². The zero-order chi connectivity index (χ0) is 40.5. The fourth-order valence-corrected chi connectivity index (χ4v) is 10.9. The van der Waals surface area contributed by atoms with E-state index in [1.54, 1.807) is 0 Å². The molecule has 4 saturated heterocycles. The summed E-state index contributed by atoms with van der Waals surface area (Å²) in [6.07, 6.45) is 10.8. The van der Waals surface area contributed by atoms with Crippen molar-refractivity contribution in [3.8, 4) is 0 Å². The number of rotatable bonds is 17. The van der Waals surface area contributed by atoms with Crippen molar-refractivity contribution in [3.05, 3.63) is 0 Å². The van der Waals surface area contributed by atoms with Gasteiger partial charge in [0, 0.05) is 64.1 Å². The largest absolute Gasteiger partial charge is 0.481 e. The normalized spacial score (nSPS) is 43.9. The predicted octanol–water partition coefficient (Wildman–Crippen LogP) is 9.09. The zero-order valence-corrected chi connectivity index (χ0v) is 36.4. The van der Waals surface area contributed by atoms with E-state index in [9.17, 15) is 14.7 Å². The summed E-state index contributed by atoms with van der Waals surface area (Å²) in [5.41, 5.74) is -2.66. The van der Waals surface area contributed by atoms with Gasteiger partial charge in [0.25, 0.3) is 0 Å². The highest BCUT2D eigenvalue weighted by Gasteiger charge is 2.62. The van der Waals surface area contributed by atoms with Gasteiger partial charge < -0.3 is 39.8 Å². The molecule has 4 N–H and O–H groups in total. The molecule has 4 fully saturated rings. The number of carbonyl (C=O) groups is 2. The minimum Gasteiger partial charge on any atom is -0.481 e. The molecule has 4 aliphatic heterocycles. The fraction of sp³-hybridized carbons (Fsp3) is 0.955. The topological polar surface area (TPSA) is 136 Å². The molecule has 0 aromatic heterocycles. The number of aliphatic carboxylic acids is 2. The second-order valence-corrected chi connectivity index (χ2v) is 20.4. The average Bonchev–Trinajstić information content (AvgIpc) is 3.11. The van der Waals surface area contributed by atoms with Crippen molar-refractivity contribution < 1.29 is 38.7 Å². The Kier molecular flexibility index (Phi) is 13.9. The van der Waals surface area contributed by atoms with E-state index in [4.69, 9.17) is 24.1 Å². The lowest BCUT2D eigenvalue weighted by Crippen LogP contribution is -2.73. The van der Waals surface area contributed by atoms with E-state index in [1.165, 1.54) is 0 Å². The van der Waals surface area contributed by atoms with Crippen molar-refractivity contribution in [2.75, 3.05) is 26.4 Å². The molecule has 10 nitrogen and oxygen atoms in total. The van der Waals surface area contributed by atoms with E-state index < -0.39 is 39.8 Å². The Labute approximate surface area is 328 Å². The standard InChI is InChI=1S/C44H80N2O8/c1-13-38(9)26-43(32(5)40(11,15-3)45-38)51-28-36(7,29-52-43)24-42(35(49)50,23-21-19-17-18-20-22-34(47)48)25-37(8)30-53-44(54-31-37)27-39(10,14-2)46-41(12,16-4)33(44)6/h32-33,45-46H,13-31H2,1-12H3,(H,47,48)(H,49,50). The highest BCUT2D eigenvalue weighted by Crippen LogP contribution is 2.55. The van der Waals surface area contributed by atoms with Crippen LogP contribution in [0.25, 0.3) is 0 Å². The van der Waals surface area contributed by atoms with E-state index in [0.29, 0.717) is 52.1 Å². The molecular weight excluding hydrogens is 684 g/mol. The number of nitrogens with one attached hydrogen (secondary N) is 2. The highest BCUT2D eigenvalue weighted by atomic mass is 16.7. The zero-order valence-electron chi connectivity index (χ0n) is 36.4. The van der Waals surface area contributed by atoms with Crippen LogP contribution in [0.5, 0.6) is 0 Å². The van der Waals surface area contributed by atoms with Gasteiger partial charge in [-0.15, -0.1) is 0 Å². The molecule has 0 amide bonds. The number of hydrogen-bond donors (Lipinski definition) is 4. The maximum absolute atomic E-state index is 13.8. The van der Waals surface area contributed by atoms with Crippen LogP contribution >= 0.6 is 0 Å². The first-order valence-electron chi connectivity index (χ1n) is 21.6. The maximum atomic E-state index is 13.8. The molecule has 0 radical (unpaired) electrons. The minimum absolute atomic E-state index is 0.105. The third-order valence-corrected chi connectivity index (χ3v) is 15.4. The molecule has 0 aromatic rings. The summed E-state index contributed by atoms with van der Waals surface area (Å²) in [7, 11) is 0. The number of unbranched alkanes of at least 4 members (excludes halogenated alkanes) is 4. The molecule has 6 atom stereocenters. The molecule has 4 aliphatic rings. The Morgan fingerprint density at radius 2 is 0.981 bits per heavy atom. The summed E-state index contributed by atoms with van der Waals surface area (Å²) in [4.78, 5) is 24.9. The predicted molar refractivity (Wildman–Crippen MR) is 213 cm³/mol. The first kappa shape index (κ1) is 45.4. The van der Waals surface area contributed by atoms with E-state index >= 15 is 0 Å². The third-order valence-electron chi connectivity index (χ3n) is 15.4. The van der Waals surface area contributed by atoms with Gasteiger partial charge in [-0.3, -0.25) is 9.59 Å². The van der Waals surface area contributed by atoms with Gasteiger partial charge in [-0.25, -0.2) is 0 Å². The van der Waals surface area contributed by atoms with Gasteiger partial charge in [0.2, 0.25) is 0 Å². The van der Waals surface area contributed by atoms with Crippen molar-refractivity contribution in [1.29, 1.82) is 0 Å².